The van der Waals surface area contributed by atoms with Crippen LogP contribution < -0.4 is 15.2 Å². The van der Waals surface area contributed by atoms with Gasteiger partial charge in [0.05, 0.1) is 17.5 Å². The van der Waals surface area contributed by atoms with Crippen LogP contribution in [0, 0.1) is 5.92 Å². The van der Waals surface area contributed by atoms with Crippen molar-refractivity contribution in [1.29, 1.82) is 0 Å². The molecular weight excluding hydrogens is 612 g/mol. The third kappa shape index (κ3) is 4.93. The van der Waals surface area contributed by atoms with Gasteiger partial charge in [0, 0.05) is 52.7 Å². The summed E-state index contributed by atoms with van der Waals surface area (Å²) >= 11 is 1.56. The number of aryl methyl sites for hydroxylation is 2. The van der Waals surface area contributed by atoms with Crippen LogP contribution in [0.3, 0.4) is 0 Å². The lowest BCUT2D eigenvalue weighted by Crippen LogP contribution is -2.44. The lowest BCUT2D eigenvalue weighted by molar-refractivity contribution is -0.675. The Kier molecular flexibility index (Phi) is 7.50. The second kappa shape index (κ2) is 11.5. The summed E-state index contributed by atoms with van der Waals surface area (Å²) in [5.74, 6) is -1.96. The van der Waals surface area contributed by atoms with Crippen LogP contribution in [-0.4, -0.2) is 38.8 Å². The quantitative estimate of drug-likeness (QED) is 0.141. The van der Waals surface area contributed by atoms with Crippen LogP contribution in [0.4, 0.5) is 0 Å². The average Bonchev–Trinajstić information content (AvgIpc) is 3.58. The van der Waals surface area contributed by atoms with Gasteiger partial charge < -0.3 is 5.11 Å². The van der Waals surface area contributed by atoms with Crippen molar-refractivity contribution in [1.82, 2.24) is 14.7 Å². The number of hydrogen-bond acceptors (Lipinski definition) is 6. The fourth-order valence-electron chi connectivity index (χ4n) is 6.89. The summed E-state index contributed by atoms with van der Waals surface area (Å²) in [7, 11) is 0. The number of benzene rings is 3. The van der Waals surface area contributed by atoms with E-state index in [0.29, 0.717) is 54.6 Å². The standard InChI is InChI=1S/C37H36N4O5S/c1-5-25-30(36(46)41(38-25)37(2,3)4)31-32(42)24(33(31)43)20-28-39(26-16-6-7-17-27(26)47-28)18-8-9-19-40-34(44)22-14-10-12-21-13-11-15-23(29(21)22)35(40)45/h6-7,10-17,24H,5,8-9,18-20H2,1-4H3,(H-,38,42,43,46). The number of Topliss-reactive ketones (excluding diaryl/α,β-unsaturated/α-hetero) is 1. The van der Waals surface area contributed by atoms with Crippen molar-refractivity contribution in [2.75, 3.05) is 6.54 Å². The molecule has 0 spiro atoms. The van der Waals surface area contributed by atoms with Crippen molar-refractivity contribution in [3.63, 3.8) is 0 Å². The molecule has 0 bridgehead atoms. The molecule has 1 unspecified atom stereocenters. The predicted octanol–water partition coefficient (Wildman–Crippen LogP) is 4.74. The number of allylic oxidation sites excluding steroid dienone is 2. The maximum atomic E-state index is 13.5. The number of hydrogen-bond donors (Lipinski definition) is 1. The van der Waals surface area contributed by atoms with Crippen LogP contribution in [0.5, 0.6) is 0 Å². The van der Waals surface area contributed by atoms with Crippen molar-refractivity contribution >= 4 is 55.5 Å². The topological polar surface area (TPSA) is 119 Å². The number of carbonyl (C=O) groups excluding carboxylic acids is 3. The molecule has 1 aliphatic carbocycles. The zero-order valence-electron chi connectivity index (χ0n) is 26.9. The number of fused-ring (bicyclic) bond motifs is 1. The fourth-order valence-corrected chi connectivity index (χ4v) is 8.12. The van der Waals surface area contributed by atoms with Crippen LogP contribution >= 0.6 is 11.3 Å². The number of H-pyrrole nitrogens is 1. The molecule has 3 heterocycles. The Bertz CT molecular complexity index is 2160. The highest BCUT2D eigenvalue weighted by Gasteiger charge is 2.40. The number of aromatic nitrogens is 3. The van der Waals surface area contributed by atoms with Gasteiger partial charge in [0.15, 0.2) is 5.78 Å². The molecule has 3 aromatic carbocycles. The molecule has 0 saturated heterocycles. The first-order chi connectivity index (χ1) is 22.5. The van der Waals surface area contributed by atoms with E-state index < -0.39 is 11.5 Å². The number of thiazole rings is 1. The molecule has 1 N–H and O–H groups in total. The van der Waals surface area contributed by atoms with Crippen LogP contribution in [-0.2, 0) is 29.7 Å². The average molecular weight is 649 g/mol. The first-order valence-corrected chi connectivity index (χ1v) is 16.9. The number of ketones is 1. The SMILES string of the molecule is CCc1[nH]n(C(C)(C)C)c(=O)c1C1=C([O-])C(Cc2sc3ccccc3[n+]2CCCCN2C(=O)c3cccc4cccc(c34)C2=O)C1=O. The van der Waals surface area contributed by atoms with Gasteiger partial charge in [-0.2, -0.15) is 4.57 Å². The smallest absolute Gasteiger partial charge is 0.275 e. The van der Waals surface area contributed by atoms with E-state index in [1.165, 1.54) is 9.58 Å². The Morgan fingerprint density at radius 1 is 0.915 bits per heavy atom. The molecule has 0 saturated carbocycles. The van der Waals surface area contributed by atoms with E-state index in [0.717, 1.165) is 20.6 Å². The number of rotatable bonds is 9. The third-order valence-corrected chi connectivity index (χ3v) is 10.5. The Hall–Kier alpha value is -4.83. The summed E-state index contributed by atoms with van der Waals surface area (Å²) in [5.41, 5.74) is 2.06. The normalized spacial score (nSPS) is 16.6. The van der Waals surface area contributed by atoms with E-state index in [2.05, 4.69) is 9.67 Å². The number of imide groups is 1. The number of carbonyl (C=O) groups is 3. The van der Waals surface area contributed by atoms with Crippen molar-refractivity contribution < 1.29 is 24.1 Å². The number of amides is 2. The molecule has 47 heavy (non-hydrogen) atoms. The summed E-state index contributed by atoms with van der Waals surface area (Å²) in [4.78, 5) is 54.9. The molecule has 2 aliphatic rings. The molecular formula is C37H36N4O5S. The molecule has 1 atom stereocenters. The number of nitrogens with one attached hydrogen (secondary N) is 1. The van der Waals surface area contributed by atoms with Crippen molar-refractivity contribution in [2.24, 2.45) is 5.92 Å². The highest BCUT2D eigenvalue weighted by Crippen LogP contribution is 2.38. The molecule has 5 aromatic rings. The summed E-state index contributed by atoms with van der Waals surface area (Å²) in [5, 5.41) is 19.2. The van der Waals surface area contributed by atoms with Crippen molar-refractivity contribution in [3.8, 4) is 0 Å². The molecule has 9 nitrogen and oxygen atoms in total. The summed E-state index contributed by atoms with van der Waals surface area (Å²) in [6, 6.07) is 19.0. The van der Waals surface area contributed by atoms with Gasteiger partial charge in [0.25, 0.3) is 17.4 Å². The maximum Gasteiger partial charge on any atom is 0.275 e. The van der Waals surface area contributed by atoms with Gasteiger partial charge in [0.1, 0.15) is 11.2 Å². The second-order valence-electron chi connectivity index (χ2n) is 13.3. The van der Waals surface area contributed by atoms with Gasteiger partial charge >= 0.3 is 0 Å². The maximum absolute atomic E-state index is 13.5. The Morgan fingerprint density at radius 2 is 1.60 bits per heavy atom. The van der Waals surface area contributed by atoms with E-state index in [4.69, 9.17) is 0 Å². The minimum Gasteiger partial charge on any atom is -0.874 e. The fraction of sp³-hybridized carbons (Fsp3) is 0.324. The van der Waals surface area contributed by atoms with Crippen molar-refractivity contribution in [2.45, 2.75) is 65.5 Å². The van der Waals surface area contributed by atoms with E-state index in [9.17, 15) is 24.3 Å². The number of aromatic amines is 1. The molecule has 240 valence electrons. The molecule has 2 amide bonds. The largest absolute Gasteiger partial charge is 0.874 e. The van der Waals surface area contributed by atoms with Gasteiger partial charge in [-0.25, -0.2) is 4.68 Å². The van der Waals surface area contributed by atoms with Crippen LogP contribution in [0.1, 0.15) is 77.5 Å². The Labute approximate surface area is 275 Å². The van der Waals surface area contributed by atoms with Gasteiger partial charge in [-0.15, -0.1) is 5.76 Å². The molecule has 10 heteroatoms. The lowest BCUT2D eigenvalue weighted by atomic mass is 9.77. The zero-order chi connectivity index (χ0) is 33.2. The van der Waals surface area contributed by atoms with Crippen LogP contribution in [0.25, 0.3) is 26.6 Å². The van der Waals surface area contributed by atoms with Crippen LogP contribution in [0.2, 0.25) is 0 Å². The van der Waals surface area contributed by atoms with Gasteiger partial charge in [0.2, 0.25) is 10.5 Å². The first kappa shape index (κ1) is 30.8. The molecule has 1 aliphatic heterocycles. The lowest BCUT2D eigenvalue weighted by Gasteiger charge is -2.35. The Morgan fingerprint density at radius 3 is 2.23 bits per heavy atom. The van der Waals surface area contributed by atoms with E-state index >= 15 is 0 Å². The first-order valence-electron chi connectivity index (χ1n) is 16.1. The van der Waals surface area contributed by atoms with Crippen LogP contribution in [0.15, 0.2) is 71.2 Å². The minimum absolute atomic E-state index is 0.0110. The Balaban J connectivity index is 1.10. The highest BCUT2D eigenvalue weighted by molar-refractivity contribution is 7.18. The van der Waals surface area contributed by atoms with E-state index in [-0.39, 0.29) is 46.5 Å². The number of nitrogens with zero attached hydrogens (tertiary/aromatic N) is 3. The minimum atomic E-state index is -0.835. The monoisotopic (exact) mass is 648 g/mol. The van der Waals surface area contributed by atoms with Crippen molar-refractivity contribution in [3.05, 3.63) is 104 Å². The van der Waals surface area contributed by atoms with Gasteiger partial charge in [-0.1, -0.05) is 54.7 Å². The summed E-state index contributed by atoms with van der Waals surface area (Å²) in [6.07, 6.45) is 2.03. The number of para-hydroxylation sites is 1. The highest BCUT2D eigenvalue weighted by atomic mass is 32.1. The molecule has 0 radical (unpaired) electrons. The van der Waals surface area contributed by atoms with Gasteiger partial charge in [-0.3, -0.25) is 29.2 Å². The van der Waals surface area contributed by atoms with Gasteiger partial charge in [-0.05, 0) is 57.2 Å². The van der Waals surface area contributed by atoms with E-state index in [1.807, 2.05) is 76.2 Å². The summed E-state index contributed by atoms with van der Waals surface area (Å²) < 4.78 is 4.69. The molecule has 0 fully saturated rings. The van der Waals surface area contributed by atoms with E-state index in [1.54, 1.807) is 23.5 Å². The third-order valence-electron chi connectivity index (χ3n) is 9.30. The summed E-state index contributed by atoms with van der Waals surface area (Å²) in [6.45, 7) is 8.47. The zero-order valence-corrected chi connectivity index (χ0v) is 27.7. The molecule has 7 rings (SSSR count). The number of unbranched alkanes of at least 4 members (excludes halogenated alkanes) is 1. The second-order valence-corrected chi connectivity index (χ2v) is 14.4. The predicted molar refractivity (Wildman–Crippen MR) is 179 cm³/mol. The molecule has 2 aromatic heterocycles.